The molecule has 1 atom stereocenters. The fourth-order valence-corrected chi connectivity index (χ4v) is 3.36. The van der Waals surface area contributed by atoms with E-state index in [4.69, 9.17) is 4.74 Å². The maximum atomic E-state index is 13.0. The Bertz CT molecular complexity index is 860. The van der Waals surface area contributed by atoms with Gasteiger partial charge in [0, 0.05) is 42.4 Å². The van der Waals surface area contributed by atoms with E-state index in [0.717, 1.165) is 36.8 Å². The number of aromatic nitrogens is 4. The molecule has 0 saturated heterocycles. The third-order valence-electron chi connectivity index (χ3n) is 4.93. The average molecular weight is 379 g/mol. The Kier molecular flexibility index (Phi) is 6.57. The summed E-state index contributed by atoms with van der Waals surface area (Å²) in [4.78, 5) is 34.0. The van der Waals surface area contributed by atoms with Gasteiger partial charge in [-0.2, -0.15) is 0 Å². The number of ether oxygens (including phenoxy) is 1. The fraction of sp³-hybridized carbons (Fsp3) is 0.429. The Morgan fingerprint density at radius 3 is 2.32 bits per heavy atom. The third kappa shape index (κ3) is 3.98. The van der Waals surface area contributed by atoms with Gasteiger partial charge in [-0.3, -0.25) is 4.99 Å². The van der Waals surface area contributed by atoms with Crippen molar-refractivity contribution in [3.63, 3.8) is 0 Å². The minimum absolute atomic E-state index is 0.364. The van der Waals surface area contributed by atoms with Crippen LogP contribution in [-0.4, -0.2) is 45.8 Å². The molecule has 1 unspecified atom stereocenters. The van der Waals surface area contributed by atoms with Gasteiger partial charge in [-0.25, -0.2) is 24.7 Å². The van der Waals surface area contributed by atoms with Crippen LogP contribution in [0.25, 0.3) is 17.0 Å². The first-order chi connectivity index (χ1) is 13.7. The second-order valence-corrected chi connectivity index (χ2v) is 6.76. The third-order valence-corrected chi connectivity index (χ3v) is 4.93. The van der Waals surface area contributed by atoms with Gasteiger partial charge in [0.15, 0.2) is 0 Å². The van der Waals surface area contributed by atoms with E-state index in [1.165, 1.54) is 18.9 Å². The number of rotatable bonds is 8. The lowest BCUT2D eigenvalue weighted by atomic mass is 10.00. The highest BCUT2D eigenvalue weighted by Gasteiger charge is 2.31. The molecule has 0 fully saturated rings. The van der Waals surface area contributed by atoms with Crippen molar-refractivity contribution in [2.24, 2.45) is 10.9 Å². The summed E-state index contributed by atoms with van der Waals surface area (Å²) >= 11 is 0. The molecule has 146 valence electrons. The molecule has 3 rings (SSSR count). The highest BCUT2D eigenvalue weighted by Crippen LogP contribution is 2.42. The number of nitrogens with zero attached hydrogens (tertiary/aromatic N) is 5. The smallest absolute Gasteiger partial charge is 0.340 e. The van der Waals surface area contributed by atoms with Crippen molar-refractivity contribution in [3.05, 3.63) is 41.7 Å². The lowest BCUT2D eigenvalue weighted by Crippen LogP contribution is -2.17. The Labute approximate surface area is 165 Å². The molecule has 2 heterocycles. The van der Waals surface area contributed by atoms with Crippen molar-refractivity contribution in [2.75, 3.05) is 13.7 Å². The van der Waals surface area contributed by atoms with Gasteiger partial charge in [0.25, 0.3) is 0 Å². The van der Waals surface area contributed by atoms with E-state index < -0.39 is 5.97 Å². The zero-order valence-corrected chi connectivity index (χ0v) is 16.6. The Hall–Kier alpha value is -2.96. The van der Waals surface area contributed by atoms with Crippen LogP contribution in [0.3, 0.4) is 0 Å². The zero-order valence-electron chi connectivity index (χ0n) is 16.6. The summed E-state index contributed by atoms with van der Waals surface area (Å²) in [6.45, 7) is 4.69. The van der Waals surface area contributed by atoms with Crippen molar-refractivity contribution in [1.82, 2.24) is 19.9 Å². The van der Waals surface area contributed by atoms with Gasteiger partial charge in [-0.15, -0.1) is 0 Å². The normalized spacial score (nSPS) is 13.3. The minimum atomic E-state index is -0.401. The average Bonchev–Trinajstić information content (AvgIpc) is 3.06. The SMILES string of the molecule is CCCCC(CC)COC(=O)C(/C=N/C)=C1c2cncnc2-c2ncncc21. The van der Waals surface area contributed by atoms with E-state index in [9.17, 15) is 4.79 Å². The van der Waals surface area contributed by atoms with Crippen molar-refractivity contribution in [2.45, 2.75) is 39.5 Å². The maximum Gasteiger partial charge on any atom is 0.340 e. The number of aliphatic imine (C=N–C) groups is 1. The molecule has 0 N–H and O–H groups in total. The molecular weight excluding hydrogens is 354 g/mol. The molecule has 0 amide bonds. The van der Waals surface area contributed by atoms with Crippen molar-refractivity contribution in [3.8, 4) is 11.4 Å². The van der Waals surface area contributed by atoms with E-state index in [0.29, 0.717) is 35.1 Å². The summed E-state index contributed by atoms with van der Waals surface area (Å²) in [7, 11) is 1.63. The first-order valence-corrected chi connectivity index (χ1v) is 9.65. The largest absolute Gasteiger partial charge is 0.462 e. The van der Waals surface area contributed by atoms with Crippen LogP contribution < -0.4 is 0 Å². The highest BCUT2D eigenvalue weighted by atomic mass is 16.5. The summed E-state index contributed by atoms with van der Waals surface area (Å²) in [6.07, 6.45) is 12.2. The Balaban J connectivity index is 1.97. The minimum Gasteiger partial charge on any atom is -0.462 e. The first-order valence-electron chi connectivity index (χ1n) is 9.65. The monoisotopic (exact) mass is 379 g/mol. The number of carbonyl (C=O) groups excluding carboxylic acids is 1. The standard InChI is InChI=1S/C21H25N5O2/c1-4-6-7-14(5-2)11-28-21(27)17(8-22-3)18-15-9-23-12-25-19(15)20-16(18)10-24-13-26-20/h8-10,12-14H,4-7,11H2,1-3H3/b22-8+. The van der Waals surface area contributed by atoms with Crippen LogP contribution in [-0.2, 0) is 9.53 Å². The molecule has 1 aliphatic carbocycles. The summed E-state index contributed by atoms with van der Waals surface area (Å²) in [6, 6.07) is 0. The topological polar surface area (TPSA) is 90.2 Å². The molecule has 2 aromatic rings. The summed E-state index contributed by atoms with van der Waals surface area (Å²) < 4.78 is 5.68. The van der Waals surface area contributed by atoms with Gasteiger partial charge in [0.05, 0.1) is 12.2 Å². The molecule has 0 spiro atoms. The molecular formula is C21H25N5O2. The predicted molar refractivity (Wildman–Crippen MR) is 108 cm³/mol. The summed E-state index contributed by atoms with van der Waals surface area (Å²) in [5.41, 5.74) is 3.89. The summed E-state index contributed by atoms with van der Waals surface area (Å²) in [5.74, 6) is -0.0365. The molecule has 7 nitrogen and oxygen atoms in total. The van der Waals surface area contributed by atoms with E-state index in [1.807, 2.05) is 0 Å². The van der Waals surface area contributed by atoms with Gasteiger partial charge in [0.2, 0.25) is 0 Å². The predicted octanol–water partition coefficient (Wildman–Crippen LogP) is 3.51. The van der Waals surface area contributed by atoms with E-state index in [1.54, 1.807) is 19.4 Å². The molecule has 0 aliphatic heterocycles. The second-order valence-electron chi connectivity index (χ2n) is 6.76. The maximum absolute atomic E-state index is 13.0. The molecule has 7 heteroatoms. The van der Waals surface area contributed by atoms with Crippen LogP contribution in [0, 0.1) is 5.92 Å². The first kappa shape index (κ1) is 19.8. The molecule has 0 bridgehead atoms. The van der Waals surface area contributed by atoms with Gasteiger partial charge >= 0.3 is 5.97 Å². The highest BCUT2D eigenvalue weighted by molar-refractivity contribution is 6.21. The van der Waals surface area contributed by atoms with Crippen LogP contribution in [0.1, 0.15) is 50.7 Å². The molecule has 0 saturated carbocycles. The van der Waals surface area contributed by atoms with Crippen molar-refractivity contribution < 1.29 is 9.53 Å². The number of hydrogen-bond donors (Lipinski definition) is 0. The number of carbonyl (C=O) groups is 1. The Morgan fingerprint density at radius 1 is 1.14 bits per heavy atom. The number of fused-ring (bicyclic) bond motifs is 3. The van der Waals surface area contributed by atoms with Crippen LogP contribution in [0.4, 0.5) is 0 Å². The van der Waals surface area contributed by atoms with Crippen LogP contribution in [0.2, 0.25) is 0 Å². The quantitative estimate of drug-likeness (QED) is 0.338. The van der Waals surface area contributed by atoms with Gasteiger partial charge in [0.1, 0.15) is 24.0 Å². The number of unbranched alkanes of at least 4 members (excludes halogenated alkanes) is 1. The van der Waals surface area contributed by atoms with Gasteiger partial charge in [-0.1, -0.05) is 33.1 Å². The lowest BCUT2D eigenvalue weighted by molar-refractivity contribution is -0.139. The zero-order chi connectivity index (χ0) is 19.9. The molecule has 28 heavy (non-hydrogen) atoms. The van der Waals surface area contributed by atoms with Gasteiger partial charge < -0.3 is 4.74 Å². The number of hydrogen-bond acceptors (Lipinski definition) is 7. The van der Waals surface area contributed by atoms with E-state index in [2.05, 4.69) is 38.8 Å². The van der Waals surface area contributed by atoms with E-state index >= 15 is 0 Å². The number of esters is 1. The molecule has 1 aliphatic rings. The molecule has 0 radical (unpaired) electrons. The Morgan fingerprint density at radius 2 is 1.79 bits per heavy atom. The van der Waals surface area contributed by atoms with Crippen molar-refractivity contribution >= 4 is 17.8 Å². The van der Waals surface area contributed by atoms with Crippen LogP contribution >= 0.6 is 0 Å². The second kappa shape index (κ2) is 9.30. The van der Waals surface area contributed by atoms with E-state index in [-0.39, 0.29) is 0 Å². The lowest BCUT2D eigenvalue weighted by Gasteiger charge is -2.15. The van der Waals surface area contributed by atoms with Crippen LogP contribution in [0.15, 0.2) is 35.6 Å². The van der Waals surface area contributed by atoms with Crippen LogP contribution in [0.5, 0.6) is 0 Å². The molecule has 2 aromatic heterocycles. The fourth-order valence-electron chi connectivity index (χ4n) is 3.36. The van der Waals surface area contributed by atoms with Gasteiger partial charge in [-0.05, 0) is 12.3 Å². The van der Waals surface area contributed by atoms with Crippen molar-refractivity contribution in [1.29, 1.82) is 0 Å². The molecule has 0 aromatic carbocycles. The summed E-state index contributed by atoms with van der Waals surface area (Å²) in [5, 5.41) is 0.